The van der Waals surface area contributed by atoms with E-state index in [4.69, 9.17) is 19.3 Å². The molecule has 192 valence electrons. The Morgan fingerprint density at radius 3 is 2.56 bits per heavy atom. The summed E-state index contributed by atoms with van der Waals surface area (Å²) in [5, 5.41) is 21.4. The number of ether oxygens (including phenoxy) is 3. The van der Waals surface area contributed by atoms with Crippen LogP contribution in [0.3, 0.4) is 0 Å². The molecule has 0 radical (unpaired) electrons. The molecule has 8 nitrogen and oxygen atoms in total. The van der Waals surface area contributed by atoms with Crippen molar-refractivity contribution in [1.29, 1.82) is 0 Å². The van der Waals surface area contributed by atoms with Gasteiger partial charge in [-0.3, -0.25) is 9.59 Å². The third kappa shape index (κ3) is 8.18. The molecule has 3 fully saturated rings. The number of hydrogen-bond donors (Lipinski definition) is 3. The van der Waals surface area contributed by atoms with E-state index in [0.29, 0.717) is 18.9 Å². The van der Waals surface area contributed by atoms with E-state index in [1.165, 1.54) is 17.7 Å². The quantitative estimate of drug-likeness (QED) is 0.250. The van der Waals surface area contributed by atoms with Gasteiger partial charge in [0.05, 0.1) is 55.2 Å². The zero-order valence-electron chi connectivity index (χ0n) is 20.9. The van der Waals surface area contributed by atoms with Crippen LogP contribution in [0.25, 0.3) is 0 Å². The predicted octanol–water partition coefficient (Wildman–Crippen LogP) is 3.13. The molecule has 0 bridgehead atoms. The van der Waals surface area contributed by atoms with E-state index in [1.807, 2.05) is 6.92 Å². The zero-order chi connectivity index (χ0) is 24.9. The summed E-state index contributed by atoms with van der Waals surface area (Å²) in [4.78, 5) is 23.2. The second-order valence-corrected chi connectivity index (χ2v) is 10.5. The third-order valence-electron chi connectivity index (χ3n) is 7.17. The molecule has 0 saturated carbocycles. The highest BCUT2D eigenvalue weighted by Gasteiger charge is 2.51. The van der Waals surface area contributed by atoms with Crippen molar-refractivity contribution in [2.75, 3.05) is 6.61 Å². The second-order valence-electron chi connectivity index (χ2n) is 10.5. The average Bonchev–Trinajstić information content (AvgIpc) is 3.49. The number of rotatable bonds is 10. The van der Waals surface area contributed by atoms with E-state index < -0.39 is 12.1 Å². The molecule has 0 aliphatic carbocycles. The minimum absolute atomic E-state index is 0.0288. The number of allylic oxidation sites excluding steroid dienone is 1. The maximum Gasteiger partial charge on any atom is 0.305 e. The number of carboxylic acids is 1. The molecule has 3 aliphatic heterocycles. The first kappa shape index (κ1) is 26.9. The smallest absolute Gasteiger partial charge is 0.305 e. The average molecular weight is 480 g/mol. The SMILES string of the molecule is C/C(=C\C[C@@H]1O[C@H](C)[C@H](NC(=O)/C=C\[C@H](C)O)C[C@@H]1C)CC[C@@H]1C[C@]2(CO2)C[C@@H](CC(=O)O)O1. The Bertz CT molecular complexity index is 773. The van der Waals surface area contributed by atoms with Crippen LogP contribution in [0.2, 0.25) is 0 Å². The van der Waals surface area contributed by atoms with Crippen LogP contribution in [0.1, 0.15) is 72.6 Å². The molecule has 8 heteroatoms. The fraction of sp³-hybridized carbons (Fsp3) is 0.769. The monoisotopic (exact) mass is 479 g/mol. The Morgan fingerprint density at radius 1 is 1.21 bits per heavy atom. The predicted molar refractivity (Wildman–Crippen MR) is 127 cm³/mol. The van der Waals surface area contributed by atoms with Gasteiger partial charge < -0.3 is 29.7 Å². The van der Waals surface area contributed by atoms with Gasteiger partial charge in [-0.15, -0.1) is 0 Å². The Hall–Kier alpha value is -1.74. The van der Waals surface area contributed by atoms with Crippen molar-refractivity contribution in [3.63, 3.8) is 0 Å². The molecule has 3 N–H and O–H groups in total. The summed E-state index contributed by atoms with van der Waals surface area (Å²) in [7, 11) is 0. The Labute approximate surface area is 202 Å². The molecule has 3 heterocycles. The number of hydrogen-bond acceptors (Lipinski definition) is 6. The molecule has 0 unspecified atom stereocenters. The molecule has 3 rings (SSSR count). The highest BCUT2D eigenvalue weighted by Crippen LogP contribution is 2.43. The number of carboxylic acid groups (broad SMARTS) is 1. The van der Waals surface area contributed by atoms with Crippen molar-refractivity contribution < 1.29 is 34.0 Å². The lowest BCUT2D eigenvalue weighted by molar-refractivity contribution is -0.145. The highest BCUT2D eigenvalue weighted by atomic mass is 16.6. The third-order valence-corrected chi connectivity index (χ3v) is 7.17. The van der Waals surface area contributed by atoms with Crippen LogP contribution < -0.4 is 5.32 Å². The van der Waals surface area contributed by atoms with Crippen LogP contribution >= 0.6 is 0 Å². The zero-order valence-corrected chi connectivity index (χ0v) is 20.9. The maximum atomic E-state index is 12.1. The fourth-order valence-corrected chi connectivity index (χ4v) is 5.08. The number of nitrogens with one attached hydrogen (secondary N) is 1. The first-order valence-corrected chi connectivity index (χ1v) is 12.5. The molecule has 0 aromatic rings. The molecule has 1 spiro atoms. The molecule has 0 aromatic carbocycles. The van der Waals surface area contributed by atoms with Crippen LogP contribution in [0.5, 0.6) is 0 Å². The largest absolute Gasteiger partial charge is 0.481 e. The molecule has 1 amide bonds. The van der Waals surface area contributed by atoms with Crippen LogP contribution in [-0.2, 0) is 23.8 Å². The first-order chi connectivity index (χ1) is 16.0. The standard InChI is InChI=1S/C26H41NO7/c1-16(5-8-20-13-26(15-32-26)14-21(34-20)12-25(30)31)6-9-23-17(2)11-22(19(4)33-23)27-24(29)10-7-18(3)28/h6-7,10,17-23,28H,5,8-9,11-15H2,1-4H3,(H,27,29)(H,30,31)/b10-7-,16-6+/t17-,18-,19+,20+,21+,22+,23-,26+/m0/s1. The van der Waals surface area contributed by atoms with Crippen LogP contribution in [0.15, 0.2) is 23.8 Å². The molecular formula is C26H41NO7. The van der Waals surface area contributed by atoms with Crippen LogP contribution in [0.4, 0.5) is 0 Å². The van der Waals surface area contributed by atoms with E-state index in [1.54, 1.807) is 6.92 Å². The van der Waals surface area contributed by atoms with Crippen LogP contribution in [0, 0.1) is 5.92 Å². The normalized spacial score (nSPS) is 37.0. The van der Waals surface area contributed by atoms with Crippen LogP contribution in [-0.4, -0.2) is 70.9 Å². The van der Waals surface area contributed by atoms with Gasteiger partial charge in [0, 0.05) is 18.9 Å². The van der Waals surface area contributed by atoms with Crippen molar-refractivity contribution in [2.45, 2.75) is 115 Å². The van der Waals surface area contributed by atoms with E-state index in [0.717, 1.165) is 32.1 Å². The lowest BCUT2D eigenvalue weighted by Crippen LogP contribution is -2.50. The van der Waals surface area contributed by atoms with E-state index in [-0.39, 0.29) is 48.4 Å². The molecular weight excluding hydrogens is 438 g/mol. The topological polar surface area (TPSA) is 118 Å². The van der Waals surface area contributed by atoms with E-state index >= 15 is 0 Å². The summed E-state index contributed by atoms with van der Waals surface area (Å²) in [6.45, 7) is 8.58. The molecule has 3 aliphatic rings. The van der Waals surface area contributed by atoms with Crippen molar-refractivity contribution >= 4 is 11.9 Å². The number of aliphatic hydroxyl groups is 1. The van der Waals surface area contributed by atoms with Crippen molar-refractivity contribution in [1.82, 2.24) is 5.32 Å². The summed E-state index contributed by atoms with van der Waals surface area (Å²) in [5.41, 5.74) is 1.12. The minimum Gasteiger partial charge on any atom is -0.481 e. The van der Waals surface area contributed by atoms with Gasteiger partial charge in [0.2, 0.25) is 5.91 Å². The number of aliphatic carboxylic acids is 1. The Kier molecular flexibility index (Phi) is 9.32. The summed E-state index contributed by atoms with van der Waals surface area (Å²) in [5.74, 6) is -0.736. The molecule has 8 atom stereocenters. The van der Waals surface area contributed by atoms with E-state index in [2.05, 4.69) is 25.2 Å². The van der Waals surface area contributed by atoms with Gasteiger partial charge in [0.15, 0.2) is 0 Å². The number of carbonyl (C=O) groups is 2. The van der Waals surface area contributed by atoms with Gasteiger partial charge >= 0.3 is 5.97 Å². The van der Waals surface area contributed by atoms with Gasteiger partial charge in [0.1, 0.15) is 0 Å². The van der Waals surface area contributed by atoms with Gasteiger partial charge in [-0.25, -0.2) is 0 Å². The van der Waals surface area contributed by atoms with Gasteiger partial charge in [-0.1, -0.05) is 24.6 Å². The Balaban J connectivity index is 1.43. The number of aliphatic hydroxyl groups excluding tert-OH is 1. The summed E-state index contributed by atoms with van der Waals surface area (Å²) < 4.78 is 17.9. The van der Waals surface area contributed by atoms with E-state index in [9.17, 15) is 14.7 Å². The summed E-state index contributed by atoms with van der Waals surface area (Å²) in [6.07, 6.45) is 9.16. The summed E-state index contributed by atoms with van der Waals surface area (Å²) in [6, 6.07) is -0.0540. The molecule has 0 aromatic heterocycles. The van der Waals surface area contributed by atoms with Crippen molar-refractivity contribution in [2.24, 2.45) is 5.92 Å². The first-order valence-electron chi connectivity index (χ1n) is 12.5. The van der Waals surface area contributed by atoms with Crippen molar-refractivity contribution in [3.05, 3.63) is 23.8 Å². The van der Waals surface area contributed by atoms with Gasteiger partial charge in [-0.2, -0.15) is 0 Å². The number of amides is 1. The van der Waals surface area contributed by atoms with Gasteiger partial charge in [-0.05, 0) is 52.4 Å². The Morgan fingerprint density at radius 2 is 1.91 bits per heavy atom. The number of carbonyl (C=O) groups excluding carboxylic acids is 1. The lowest BCUT2D eigenvalue weighted by atomic mass is 9.87. The highest BCUT2D eigenvalue weighted by molar-refractivity contribution is 5.87. The maximum absolute atomic E-state index is 12.1. The summed E-state index contributed by atoms with van der Waals surface area (Å²) >= 11 is 0. The minimum atomic E-state index is -0.827. The van der Waals surface area contributed by atoms with Crippen molar-refractivity contribution in [3.8, 4) is 0 Å². The number of epoxide rings is 1. The van der Waals surface area contributed by atoms with Gasteiger partial charge in [0.25, 0.3) is 0 Å². The lowest BCUT2D eigenvalue weighted by Gasteiger charge is -2.39. The molecule has 34 heavy (non-hydrogen) atoms. The molecule has 3 saturated heterocycles. The second kappa shape index (κ2) is 11.8. The fourth-order valence-electron chi connectivity index (χ4n) is 5.08.